The predicted octanol–water partition coefficient (Wildman–Crippen LogP) is 2.51. The van der Waals surface area contributed by atoms with Gasteiger partial charge in [-0.25, -0.2) is 4.79 Å². The average molecular weight is 304 g/mol. The van der Waals surface area contributed by atoms with Crippen LogP contribution < -0.4 is 9.64 Å². The Morgan fingerprint density at radius 2 is 1.86 bits per heavy atom. The fourth-order valence-electron chi connectivity index (χ4n) is 2.27. The number of halogens is 3. The van der Waals surface area contributed by atoms with Gasteiger partial charge in [-0.15, -0.1) is 0 Å². The molecule has 1 aromatic carbocycles. The smallest absolute Gasteiger partial charge is 0.420 e. The van der Waals surface area contributed by atoms with Gasteiger partial charge in [-0.05, 0) is 18.2 Å². The van der Waals surface area contributed by atoms with Gasteiger partial charge in [0, 0.05) is 31.9 Å². The summed E-state index contributed by atoms with van der Waals surface area (Å²) in [4.78, 5) is 13.8. The van der Waals surface area contributed by atoms with Gasteiger partial charge in [0.15, 0.2) is 0 Å². The molecule has 0 aromatic heterocycles. The van der Waals surface area contributed by atoms with E-state index in [0.717, 1.165) is 6.07 Å². The molecule has 0 bridgehead atoms. The number of hydrogen-bond donors (Lipinski definition) is 1. The van der Waals surface area contributed by atoms with Crippen LogP contribution in [0.25, 0.3) is 0 Å². The Morgan fingerprint density at radius 3 is 2.33 bits per heavy atom. The summed E-state index contributed by atoms with van der Waals surface area (Å²) >= 11 is 0. The Balaban J connectivity index is 2.20. The van der Waals surface area contributed by atoms with Crippen LogP contribution in [0.15, 0.2) is 18.2 Å². The molecule has 1 aromatic rings. The number of benzene rings is 1. The number of carboxylic acid groups (broad SMARTS) is 1. The minimum absolute atomic E-state index is 0.226. The molecule has 1 heterocycles. The lowest BCUT2D eigenvalue weighted by Gasteiger charge is -2.35. The normalized spacial score (nSPS) is 16.0. The van der Waals surface area contributed by atoms with Crippen molar-refractivity contribution in [2.24, 2.45) is 0 Å². The monoisotopic (exact) mass is 304 g/mol. The van der Waals surface area contributed by atoms with Crippen LogP contribution in [-0.4, -0.2) is 49.4 Å². The maximum atomic E-state index is 13.0. The fourth-order valence-corrected chi connectivity index (χ4v) is 2.27. The second-order valence-electron chi connectivity index (χ2n) is 4.64. The van der Waals surface area contributed by atoms with Crippen molar-refractivity contribution in [3.05, 3.63) is 23.8 Å². The molecular weight excluding hydrogens is 289 g/mol. The zero-order chi connectivity index (χ0) is 15.6. The van der Waals surface area contributed by atoms with Gasteiger partial charge in [0.25, 0.3) is 0 Å². The predicted molar refractivity (Wildman–Crippen MR) is 69.8 cm³/mol. The second-order valence-corrected chi connectivity index (χ2v) is 4.64. The molecule has 1 saturated heterocycles. The number of methoxy groups -OCH3 is 1. The van der Waals surface area contributed by atoms with Crippen LogP contribution in [0.5, 0.6) is 5.75 Å². The number of rotatable bonds is 2. The van der Waals surface area contributed by atoms with E-state index in [1.807, 2.05) is 0 Å². The molecule has 5 nitrogen and oxygen atoms in total. The van der Waals surface area contributed by atoms with Gasteiger partial charge < -0.3 is 19.6 Å². The van der Waals surface area contributed by atoms with Crippen LogP contribution in [0.2, 0.25) is 0 Å². The van der Waals surface area contributed by atoms with E-state index in [4.69, 9.17) is 9.84 Å². The molecule has 8 heteroatoms. The van der Waals surface area contributed by atoms with Gasteiger partial charge in [0.05, 0.1) is 12.7 Å². The number of carbonyl (C=O) groups is 1. The molecule has 1 fully saturated rings. The molecule has 0 spiro atoms. The van der Waals surface area contributed by atoms with E-state index < -0.39 is 17.8 Å². The van der Waals surface area contributed by atoms with Crippen LogP contribution in [0.4, 0.5) is 23.7 Å². The lowest BCUT2D eigenvalue weighted by molar-refractivity contribution is -0.138. The Kier molecular flexibility index (Phi) is 4.15. The highest BCUT2D eigenvalue weighted by molar-refractivity contribution is 5.65. The third kappa shape index (κ3) is 3.32. The summed E-state index contributed by atoms with van der Waals surface area (Å²) in [5.41, 5.74) is -0.420. The molecule has 2 rings (SSSR count). The van der Waals surface area contributed by atoms with Gasteiger partial charge in [-0.1, -0.05) is 0 Å². The minimum atomic E-state index is -4.50. The van der Waals surface area contributed by atoms with Gasteiger partial charge in [0.1, 0.15) is 5.75 Å². The van der Waals surface area contributed by atoms with Crippen molar-refractivity contribution in [1.29, 1.82) is 0 Å². The van der Waals surface area contributed by atoms with Crippen molar-refractivity contribution >= 4 is 11.8 Å². The van der Waals surface area contributed by atoms with E-state index in [0.29, 0.717) is 18.8 Å². The fraction of sp³-hybridized carbons (Fsp3) is 0.462. The van der Waals surface area contributed by atoms with Crippen LogP contribution in [-0.2, 0) is 6.18 Å². The first-order chi connectivity index (χ1) is 9.82. The summed E-state index contributed by atoms with van der Waals surface area (Å²) in [5.74, 6) is -0.226. The van der Waals surface area contributed by atoms with Crippen molar-refractivity contribution in [1.82, 2.24) is 4.90 Å². The molecule has 1 amide bonds. The van der Waals surface area contributed by atoms with E-state index >= 15 is 0 Å². The summed E-state index contributed by atoms with van der Waals surface area (Å²) < 4.78 is 43.6. The summed E-state index contributed by atoms with van der Waals surface area (Å²) in [7, 11) is 1.19. The van der Waals surface area contributed by atoms with Gasteiger partial charge >= 0.3 is 12.3 Å². The highest BCUT2D eigenvalue weighted by Gasteiger charge is 2.35. The second kappa shape index (κ2) is 5.71. The topological polar surface area (TPSA) is 53.0 Å². The van der Waals surface area contributed by atoms with E-state index in [9.17, 15) is 18.0 Å². The van der Waals surface area contributed by atoms with E-state index in [-0.39, 0.29) is 18.8 Å². The lowest BCUT2D eigenvalue weighted by atomic mass is 10.1. The van der Waals surface area contributed by atoms with Crippen molar-refractivity contribution < 1.29 is 27.8 Å². The van der Waals surface area contributed by atoms with Gasteiger partial charge in [-0.2, -0.15) is 13.2 Å². The maximum absolute atomic E-state index is 13.0. The third-order valence-corrected chi connectivity index (χ3v) is 3.40. The van der Waals surface area contributed by atoms with Crippen LogP contribution in [0.3, 0.4) is 0 Å². The number of alkyl halides is 3. The summed E-state index contributed by atoms with van der Waals surface area (Å²) in [6.45, 7) is 1.25. The van der Waals surface area contributed by atoms with E-state index in [1.54, 1.807) is 11.0 Å². The zero-order valence-electron chi connectivity index (χ0n) is 11.4. The Hall–Kier alpha value is -2.12. The number of amides is 1. The van der Waals surface area contributed by atoms with Gasteiger partial charge in [-0.3, -0.25) is 0 Å². The van der Waals surface area contributed by atoms with Crippen molar-refractivity contribution in [2.75, 3.05) is 38.2 Å². The molecule has 0 unspecified atom stereocenters. The molecule has 1 N–H and O–H groups in total. The molecule has 1 aliphatic heterocycles. The van der Waals surface area contributed by atoms with Crippen molar-refractivity contribution in [2.45, 2.75) is 6.18 Å². The third-order valence-electron chi connectivity index (χ3n) is 3.40. The molecule has 0 radical (unpaired) electrons. The lowest BCUT2D eigenvalue weighted by Crippen LogP contribution is -2.48. The molecule has 0 saturated carbocycles. The Bertz CT molecular complexity index is 526. The summed E-state index contributed by atoms with van der Waals surface area (Å²) in [6.07, 6.45) is -5.51. The number of ether oxygens (including phenoxy) is 1. The first kappa shape index (κ1) is 15.3. The largest absolute Gasteiger partial charge is 0.496 e. The molecular formula is C13H15F3N2O3. The molecule has 116 valence electrons. The van der Waals surface area contributed by atoms with Crippen molar-refractivity contribution in [3.63, 3.8) is 0 Å². The van der Waals surface area contributed by atoms with E-state index in [2.05, 4.69) is 0 Å². The van der Waals surface area contributed by atoms with Gasteiger partial charge in [0.2, 0.25) is 0 Å². The molecule has 0 aliphatic carbocycles. The molecule has 1 aliphatic rings. The number of nitrogens with zero attached hydrogens (tertiary/aromatic N) is 2. The van der Waals surface area contributed by atoms with Crippen LogP contribution >= 0.6 is 0 Å². The highest BCUT2D eigenvalue weighted by Crippen LogP contribution is 2.38. The van der Waals surface area contributed by atoms with Crippen molar-refractivity contribution in [3.8, 4) is 5.75 Å². The average Bonchev–Trinajstić information content (AvgIpc) is 2.45. The highest BCUT2D eigenvalue weighted by atomic mass is 19.4. The minimum Gasteiger partial charge on any atom is -0.496 e. The quantitative estimate of drug-likeness (QED) is 0.912. The van der Waals surface area contributed by atoms with E-state index in [1.165, 1.54) is 18.1 Å². The first-order valence-electron chi connectivity index (χ1n) is 6.31. The standard InChI is InChI=1S/C13H15F3N2O3/c1-21-11-3-2-9(8-10(11)13(14,15)16)17-4-6-18(7-5-17)12(19)20/h2-3,8H,4-7H2,1H3,(H,19,20). The molecule has 0 atom stereocenters. The van der Waals surface area contributed by atoms with Crippen LogP contribution in [0.1, 0.15) is 5.56 Å². The SMILES string of the molecule is COc1ccc(N2CCN(C(=O)O)CC2)cc1C(F)(F)F. The number of anilines is 1. The Labute approximate surface area is 119 Å². The number of hydrogen-bond acceptors (Lipinski definition) is 3. The first-order valence-corrected chi connectivity index (χ1v) is 6.31. The molecule has 21 heavy (non-hydrogen) atoms. The maximum Gasteiger partial charge on any atom is 0.420 e. The summed E-state index contributed by atoms with van der Waals surface area (Å²) in [5, 5.41) is 8.86. The Morgan fingerprint density at radius 1 is 1.24 bits per heavy atom. The van der Waals surface area contributed by atoms with Crippen LogP contribution in [0, 0.1) is 0 Å². The summed E-state index contributed by atoms with van der Waals surface area (Å²) in [6, 6.07) is 3.86. The zero-order valence-corrected chi connectivity index (χ0v) is 11.4. The number of piperazine rings is 1.